The number of halogens is 1. The maximum absolute atomic E-state index is 13.6. The second-order valence-corrected chi connectivity index (χ2v) is 11.6. The quantitative estimate of drug-likeness (QED) is 0.465. The van der Waals surface area contributed by atoms with Crippen molar-refractivity contribution in [2.75, 3.05) is 10.8 Å². The van der Waals surface area contributed by atoms with E-state index in [1.165, 1.54) is 40.4 Å². The predicted molar refractivity (Wildman–Crippen MR) is 141 cm³/mol. The zero-order chi connectivity index (χ0) is 25.3. The number of carbonyl (C=O) groups excluding carboxylic acids is 1. The Morgan fingerprint density at radius 2 is 1.81 bits per heavy atom. The molecule has 8 heteroatoms. The first-order chi connectivity index (χ1) is 17.4. The van der Waals surface area contributed by atoms with Crippen LogP contribution in [0.5, 0.6) is 5.75 Å². The molecule has 3 aromatic carbocycles. The summed E-state index contributed by atoms with van der Waals surface area (Å²) < 4.78 is 34.3. The molecule has 1 aliphatic heterocycles. The van der Waals surface area contributed by atoms with Crippen LogP contribution in [0.1, 0.15) is 48.9 Å². The van der Waals surface area contributed by atoms with Crippen LogP contribution >= 0.6 is 11.6 Å². The minimum Gasteiger partial charge on any atom is -0.476 e. The van der Waals surface area contributed by atoms with Crippen molar-refractivity contribution < 1.29 is 17.9 Å². The van der Waals surface area contributed by atoms with Gasteiger partial charge in [-0.15, -0.1) is 0 Å². The lowest BCUT2D eigenvalue weighted by Crippen LogP contribution is -2.51. The van der Waals surface area contributed by atoms with Crippen LogP contribution in [0.15, 0.2) is 71.6 Å². The van der Waals surface area contributed by atoms with Crippen molar-refractivity contribution in [1.29, 1.82) is 0 Å². The molecule has 0 bridgehead atoms. The van der Waals surface area contributed by atoms with Crippen LogP contribution in [0.4, 0.5) is 5.69 Å². The summed E-state index contributed by atoms with van der Waals surface area (Å²) in [5.74, 6) is -0.0550. The van der Waals surface area contributed by atoms with E-state index < -0.39 is 16.1 Å². The molecule has 2 atom stereocenters. The minimum atomic E-state index is -3.94. The first-order valence-corrected chi connectivity index (χ1v) is 14.1. The lowest BCUT2D eigenvalue weighted by atomic mass is 9.88. The van der Waals surface area contributed by atoms with Gasteiger partial charge in [0.05, 0.1) is 23.2 Å². The monoisotopic (exact) mass is 524 g/mol. The number of anilines is 1. The van der Waals surface area contributed by atoms with Gasteiger partial charge in [0.1, 0.15) is 5.75 Å². The van der Waals surface area contributed by atoms with Crippen molar-refractivity contribution in [3.63, 3.8) is 0 Å². The van der Waals surface area contributed by atoms with E-state index in [1.54, 1.807) is 36.4 Å². The number of aryl methyl sites for hydroxylation is 2. The molecule has 1 N–H and O–H groups in total. The third kappa shape index (κ3) is 4.82. The molecule has 1 heterocycles. The van der Waals surface area contributed by atoms with Crippen LogP contribution in [-0.4, -0.2) is 27.0 Å². The number of amides is 1. The smallest absolute Gasteiger partial charge is 0.264 e. The molecule has 36 heavy (non-hydrogen) atoms. The molecular weight excluding hydrogens is 496 g/mol. The number of ether oxygens (including phenoxy) is 1. The molecular formula is C28H29ClN2O4S. The highest BCUT2D eigenvalue weighted by molar-refractivity contribution is 7.92. The van der Waals surface area contributed by atoms with E-state index in [1.807, 2.05) is 6.92 Å². The van der Waals surface area contributed by atoms with Crippen LogP contribution in [0.25, 0.3) is 0 Å². The number of sulfonamides is 1. The van der Waals surface area contributed by atoms with Crippen LogP contribution in [-0.2, 0) is 27.7 Å². The van der Waals surface area contributed by atoms with Gasteiger partial charge in [0, 0.05) is 5.02 Å². The molecule has 188 valence electrons. The van der Waals surface area contributed by atoms with E-state index in [-0.39, 0.29) is 23.4 Å². The summed E-state index contributed by atoms with van der Waals surface area (Å²) in [6, 6.07) is 19.2. The fourth-order valence-corrected chi connectivity index (χ4v) is 6.62. The number of benzene rings is 3. The highest BCUT2D eigenvalue weighted by atomic mass is 35.5. The van der Waals surface area contributed by atoms with Crippen LogP contribution in [0.3, 0.4) is 0 Å². The number of carbonyl (C=O) groups is 1. The Bertz CT molecular complexity index is 1380. The maximum atomic E-state index is 13.6. The van der Waals surface area contributed by atoms with E-state index in [0.717, 1.165) is 18.4 Å². The fourth-order valence-electron chi connectivity index (χ4n) is 4.96. The molecule has 0 fully saturated rings. The van der Waals surface area contributed by atoms with Gasteiger partial charge >= 0.3 is 0 Å². The highest BCUT2D eigenvalue weighted by Gasteiger charge is 2.38. The van der Waals surface area contributed by atoms with Crippen molar-refractivity contribution in [3.05, 3.63) is 88.4 Å². The summed E-state index contributed by atoms with van der Waals surface area (Å²) in [6.45, 7) is 1.87. The standard InChI is InChI=1S/C28H29ClN2O4S/c1-2-24(21-13-12-19-8-6-7-9-20(19)16-21)30-28(32)27-18-31(25-17-22(29)14-15-26(25)35-27)36(33,34)23-10-4-3-5-11-23/h3-5,10-17,24,27H,2,6-9,18H2,1H3,(H,30,32)/t24-,27-/m1/s1. The molecule has 6 nitrogen and oxygen atoms in total. The molecule has 0 radical (unpaired) electrons. The van der Waals surface area contributed by atoms with Gasteiger partial charge in [-0.3, -0.25) is 9.10 Å². The highest BCUT2D eigenvalue weighted by Crippen LogP contribution is 2.39. The first kappa shape index (κ1) is 24.7. The SMILES string of the molecule is CC[C@@H](NC(=O)[C@H]1CN(S(=O)(=O)c2ccccc2)c2cc(Cl)ccc2O1)c1ccc2c(c1)CCCC2. The van der Waals surface area contributed by atoms with Crippen molar-refractivity contribution in [3.8, 4) is 5.75 Å². The van der Waals surface area contributed by atoms with Gasteiger partial charge in [0.25, 0.3) is 15.9 Å². The van der Waals surface area contributed by atoms with E-state index in [0.29, 0.717) is 22.9 Å². The lowest BCUT2D eigenvalue weighted by molar-refractivity contribution is -0.128. The Labute approximate surface area is 217 Å². The van der Waals surface area contributed by atoms with Crippen LogP contribution in [0, 0.1) is 0 Å². The largest absolute Gasteiger partial charge is 0.476 e. The Morgan fingerprint density at radius 3 is 2.56 bits per heavy atom. The average Bonchev–Trinajstić information content (AvgIpc) is 2.91. The summed E-state index contributed by atoms with van der Waals surface area (Å²) in [5.41, 5.74) is 4.12. The Kier molecular flexibility index (Phi) is 6.95. The molecule has 1 amide bonds. The molecule has 2 aliphatic rings. The summed E-state index contributed by atoms with van der Waals surface area (Å²) >= 11 is 6.19. The zero-order valence-corrected chi connectivity index (χ0v) is 21.7. The summed E-state index contributed by atoms with van der Waals surface area (Å²) in [7, 11) is -3.94. The number of fused-ring (bicyclic) bond motifs is 2. The van der Waals surface area contributed by atoms with Gasteiger partial charge in [-0.25, -0.2) is 8.42 Å². The average molecular weight is 525 g/mol. The van der Waals surface area contributed by atoms with E-state index in [2.05, 4.69) is 23.5 Å². The van der Waals surface area contributed by atoms with E-state index in [9.17, 15) is 13.2 Å². The number of rotatable bonds is 6. The van der Waals surface area contributed by atoms with Crippen molar-refractivity contribution in [2.24, 2.45) is 0 Å². The normalized spacial score (nSPS) is 17.9. The predicted octanol–water partition coefficient (Wildman–Crippen LogP) is 5.44. The fraction of sp³-hybridized carbons (Fsp3) is 0.321. The molecule has 3 aromatic rings. The number of nitrogens with one attached hydrogen (secondary N) is 1. The zero-order valence-electron chi connectivity index (χ0n) is 20.1. The van der Waals surface area contributed by atoms with Crippen LogP contribution in [0.2, 0.25) is 5.02 Å². The Morgan fingerprint density at radius 1 is 1.06 bits per heavy atom. The van der Waals surface area contributed by atoms with Crippen molar-refractivity contribution in [2.45, 2.75) is 56.1 Å². The lowest BCUT2D eigenvalue weighted by Gasteiger charge is -2.35. The van der Waals surface area contributed by atoms with Gasteiger partial charge in [-0.05, 0) is 79.1 Å². The summed E-state index contributed by atoms with van der Waals surface area (Å²) in [4.78, 5) is 13.6. The Balaban J connectivity index is 1.42. The van der Waals surface area contributed by atoms with Crippen LogP contribution < -0.4 is 14.4 Å². The van der Waals surface area contributed by atoms with Gasteiger partial charge in [0.2, 0.25) is 0 Å². The second kappa shape index (κ2) is 10.1. The topological polar surface area (TPSA) is 75.7 Å². The number of hydrogen-bond donors (Lipinski definition) is 1. The number of nitrogens with zero attached hydrogens (tertiary/aromatic N) is 1. The van der Waals surface area contributed by atoms with Gasteiger partial charge < -0.3 is 10.1 Å². The molecule has 0 aromatic heterocycles. The van der Waals surface area contributed by atoms with Crippen molar-refractivity contribution >= 4 is 33.2 Å². The van der Waals surface area contributed by atoms with Crippen molar-refractivity contribution in [1.82, 2.24) is 5.32 Å². The van der Waals surface area contributed by atoms with E-state index in [4.69, 9.17) is 16.3 Å². The molecule has 0 saturated heterocycles. The Hall–Kier alpha value is -3.03. The third-order valence-electron chi connectivity index (χ3n) is 6.91. The van der Waals surface area contributed by atoms with Gasteiger partial charge in [-0.2, -0.15) is 0 Å². The summed E-state index contributed by atoms with van der Waals surface area (Å²) in [6.07, 6.45) is 4.26. The molecule has 0 unspecified atom stereocenters. The minimum absolute atomic E-state index is 0.137. The van der Waals surface area contributed by atoms with Gasteiger partial charge in [0.15, 0.2) is 6.10 Å². The molecule has 0 saturated carbocycles. The van der Waals surface area contributed by atoms with Gasteiger partial charge in [-0.1, -0.05) is 54.9 Å². The first-order valence-electron chi connectivity index (χ1n) is 12.3. The maximum Gasteiger partial charge on any atom is 0.264 e. The second-order valence-electron chi connectivity index (χ2n) is 9.27. The summed E-state index contributed by atoms with van der Waals surface area (Å²) in [5, 5.41) is 3.48. The molecule has 0 spiro atoms. The molecule has 1 aliphatic carbocycles. The van der Waals surface area contributed by atoms with E-state index >= 15 is 0 Å². The number of hydrogen-bond acceptors (Lipinski definition) is 4. The third-order valence-corrected chi connectivity index (χ3v) is 8.94. The molecule has 5 rings (SSSR count).